The average Bonchev–Trinajstić information content (AvgIpc) is 3.00. The van der Waals surface area contributed by atoms with Crippen LogP contribution in [0.4, 0.5) is 5.69 Å². The molecule has 0 aliphatic carbocycles. The van der Waals surface area contributed by atoms with Crippen LogP contribution < -0.4 is 11.1 Å². The molecule has 1 atom stereocenters. The minimum absolute atomic E-state index is 0.0276. The number of carbonyl (C=O) groups excluding carboxylic acids is 1. The summed E-state index contributed by atoms with van der Waals surface area (Å²) in [5.74, 6) is 0.504. The summed E-state index contributed by atoms with van der Waals surface area (Å²) in [4.78, 5) is 11.9. The van der Waals surface area contributed by atoms with Crippen LogP contribution in [0.15, 0.2) is 36.9 Å². The summed E-state index contributed by atoms with van der Waals surface area (Å²) in [7, 11) is 0. The maximum atomic E-state index is 11.9. The van der Waals surface area contributed by atoms with Crippen molar-refractivity contribution in [2.24, 2.45) is 11.7 Å². The molecule has 0 saturated heterocycles. The second-order valence-electron chi connectivity index (χ2n) is 5.19. The Kier molecular flexibility index (Phi) is 5.45. The topological polar surface area (TPSA) is 85.8 Å². The van der Waals surface area contributed by atoms with Crippen LogP contribution in [0.5, 0.6) is 0 Å². The van der Waals surface area contributed by atoms with E-state index in [-0.39, 0.29) is 5.91 Å². The number of hydrogen-bond donors (Lipinski definition) is 2. The minimum Gasteiger partial charge on any atom is -0.330 e. The fourth-order valence-corrected chi connectivity index (χ4v) is 2.11. The highest BCUT2D eigenvalue weighted by Gasteiger charge is 2.07. The van der Waals surface area contributed by atoms with Crippen molar-refractivity contribution < 1.29 is 4.79 Å². The van der Waals surface area contributed by atoms with Gasteiger partial charge in [0.2, 0.25) is 5.91 Å². The predicted octanol–water partition coefficient (Wildman–Crippen LogP) is 1.97. The van der Waals surface area contributed by atoms with Gasteiger partial charge < -0.3 is 11.1 Å². The Morgan fingerprint density at radius 2 is 2.10 bits per heavy atom. The molecule has 0 aliphatic rings. The number of amides is 1. The fourth-order valence-electron chi connectivity index (χ4n) is 2.11. The van der Waals surface area contributed by atoms with Gasteiger partial charge in [0.25, 0.3) is 0 Å². The SMILES string of the molecule is CC(CCN)CCC(=O)Nc1cccc(-n2cnnc2)c1. The molecule has 1 aromatic heterocycles. The van der Waals surface area contributed by atoms with Gasteiger partial charge in [-0.25, -0.2) is 0 Å². The first-order valence-electron chi connectivity index (χ1n) is 7.14. The van der Waals surface area contributed by atoms with Gasteiger partial charge in [0.05, 0.1) is 5.69 Å². The van der Waals surface area contributed by atoms with Gasteiger partial charge in [-0.1, -0.05) is 13.0 Å². The van der Waals surface area contributed by atoms with E-state index in [1.165, 1.54) is 0 Å². The zero-order valence-electron chi connectivity index (χ0n) is 12.2. The molecule has 0 spiro atoms. The average molecular weight is 287 g/mol. The highest BCUT2D eigenvalue weighted by Crippen LogP contribution is 2.15. The Morgan fingerprint density at radius 3 is 2.81 bits per heavy atom. The normalized spacial score (nSPS) is 12.1. The van der Waals surface area contributed by atoms with Gasteiger partial charge >= 0.3 is 0 Å². The van der Waals surface area contributed by atoms with Crippen LogP contribution >= 0.6 is 0 Å². The molecule has 6 heteroatoms. The molecule has 1 aromatic carbocycles. The first-order chi connectivity index (χ1) is 10.2. The van der Waals surface area contributed by atoms with E-state index in [0.29, 0.717) is 18.9 Å². The van der Waals surface area contributed by atoms with E-state index in [0.717, 1.165) is 24.2 Å². The van der Waals surface area contributed by atoms with Crippen LogP contribution in [0.25, 0.3) is 5.69 Å². The molecular formula is C15H21N5O. The first-order valence-corrected chi connectivity index (χ1v) is 7.14. The summed E-state index contributed by atoms with van der Waals surface area (Å²) in [5, 5.41) is 10.5. The van der Waals surface area contributed by atoms with Crippen molar-refractivity contribution in [2.75, 3.05) is 11.9 Å². The molecule has 0 radical (unpaired) electrons. The second kappa shape index (κ2) is 7.54. The van der Waals surface area contributed by atoms with E-state index >= 15 is 0 Å². The van der Waals surface area contributed by atoms with Gasteiger partial charge in [0.1, 0.15) is 12.7 Å². The number of nitrogens with two attached hydrogens (primary N) is 1. The third-order valence-corrected chi connectivity index (χ3v) is 3.37. The third kappa shape index (κ3) is 4.68. The summed E-state index contributed by atoms with van der Waals surface area (Å²) < 4.78 is 1.79. The molecule has 2 aromatic rings. The van der Waals surface area contributed by atoms with E-state index in [1.54, 1.807) is 17.2 Å². The minimum atomic E-state index is 0.0276. The zero-order valence-corrected chi connectivity index (χ0v) is 12.2. The van der Waals surface area contributed by atoms with Crippen LogP contribution in [0, 0.1) is 5.92 Å². The number of aromatic nitrogens is 3. The Morgan fingerprint density at radius 1 is 1.33 bits per heavy atom. The van der Waals surface area contributed by atoms with E-state index in [9.17, 15) is 4.79 Å². The third-order valence-electron chi connectivity index (χ3n) is 3.37. The van der Waals surface area contributed by atoms with Gasteiger partial charge in [0.15, 0.2) is 0 Å². The maximum absolute atomic E-state index is 11.9. The summed E-state index contributed by atoms with van der Waals surface area (Å²) >= 11 is 0. The molecular weight excluding hydrogens is 266 g/mol. The number of hydrogen-bond acceptors (Lipinski definition) is 4. The Labute approximate surface area is 124 Å². The van der Waals surface area contributed by atoms with Crippen LogP contribution in [-0.4, -0.2) is 27.2 Å². The largest absolute Gasteiger partial charge is 0.330 e. The van der Waals surface area contributed by atoms with Gasteiger partial charge in [0, 0.05) is 12.1 Å². The molecule has 1 heterocycles. The number of anilines is 1. The van der Waals surface area contributed by atoms with Crippen molar-refractivity contribution >= 4 is 11.6 Å². The summed E-state index contributed by atoms with van der Waals surface area (Å²) in [6.07, 6.45) is 5.56. The number of rotatable bonds is 7. The molecule has 1 unspecified atom stereocenters. The molecule has 0 fully saturated rings. The summed E-state index contributed by atoms with van der Waals surface area (Å²) in [6, 6.07) is 7.59. The maximum Gasteiger partial charge on any atom is 0.224 e. The van der Waals surface area contributed by atoms with Crippen molar-refractivity contribution in [1.82, 2.24) is 14.8 Å². The highest BCUT2D eigenvalue weighted by molar-refractivity contribution is 5.90. The van der Waals surface area contributed by atoms with E-state index in [2.05, 4.69) is 22.4 Å². The molecule has 0 saturated carbocycles. The molecule has 0 bridgehead atoms. The standard InChI is InChI=1S/C15H21N5O/c1-12(7-8-16)5-6-15(21)19-13-3-2-4-14(9-13)20-10-17-18-11-20/h2-4,9-12H,5-8,16H2,1H3,(H,19,21). The fraction of sp³-hybridized carbons (Fsp3) is 0.400. The lowest BCUT2D eigenvalue weighted by Crippen LogP contribution is -2.14. The lowest BCUT2D eigenvalue weighted by molar-refractivity contribution is -0.116. The van der Waals surface area contributed by atoms with Crippen molar-refractivity contribution in [3.05, 3.63) is 36.9 Å². The van der Waals surface area contributed by atoms with E-state index in [1.807, 2.05) is 24.3 Å². The molecule has 1 amide bonds. The van der Waals surface area contributed by atoms with Gasteiger partial charge in [-0.3, -0.25) is 9.36 Å². The van der Waals surface area contributed by atoms with Gasteiger partial charge in [-0.05, 0) is 43.5 Å². The molecule has 2 rings (SSSR count). The lowest BCUT2D eigenvalue weighted by Gasteiger charge is -2.10. The molecule has 0 aliphatic heterocycles. The van der Waals surface area contributed by atoms with Crippen LogP contribution in [0.1, 0.15) is 26.2 Å². The molecule has 3 N–H and O–H groups in total. The Bertz CT molecular complexity index is 567. The number of nitrogens with one attached hydrogen (secondary N) is 1. The van der Waals surface area contributed by atoms with Gasteiger partial charge in [-0.15, -0.1) is 10.2 Å². The quantitative estimate of drug-likeness (QED) is 0.815. The first kappa shape index (κ1) is 15.2. The zero-order chi connectivity index (χ0) is 15.1. The second-order valence-corrected chi connectivity index (χ2v) is 5.19. The van der Waals surface area contributed by atoms with Crippen LogP contribution in [0.3, 0.4) is 0 Å². The predicted molar refractivity (Wildman–Crippen MR) is 82.1 cm³/mol. The van der Waals surface area contributed by atoms with E-state index < -0.39 is 0 Å². The smallest absolute Gasteiger partial charge is 0.224 e. The molecule has 112 valence electrons. The summed E-state index contributed by atoms with van der Waals surface area (Å²) in [6.45, 7) is 2.79. The molecule has 6 nitrogen and oxygen atoms in total. The Balaban J connectivity index is 1.91. The van der Waals surface area contributed by atoms with Crippen LogP contribution in [0.2, 0.25) is 0 Å². The highest BCUT2D eigenvalue weighted by atomic mass is 16.1. The number of nitrogens with zero attached hydrogens (tertiary/aromatic N) is 3. The Hall–Kier alpha value is -2.21. The van der Waals surface area contributed by atoms with Crippen molar-refractivity contribution in [2.45, 2.75) is 26.2 Å². The lowest BCUT2D eigenvalue weighted by atomic mass is 10.0. The van der Waals surface area contributed by atoms with Gasteiger partial charge in [-0.2, -0.15) is 0 Å². The number of benzene rings is 1. The number of carbonyl (C=O) groups is 1. The van der Waals surface area contributed by atoms with Crippen LogP contribution in [-0.2, 0) is 4.79 Å². The van der Waals surface area contributed by atoms with Crippen molar-refractivity contribution in [3.8, 4) is 5.69 Å². The van der Waals surface area contributed by atoms with Crippen molar-refractivity contribution in [3.63, 3.8) is 0 Å². The summed E-state index contributed by atoms with van der Waals surface area (Å²) in [5.41, 5.74) is 7.20. The van der Waals surface area contributed by atoms with Crippen molar-refractivity contribution in [1.29, 1.82) is 0 Å². The molecule has 21 heavy (non-hydrogen) atoms. The monoisotopic (exact) mass is 287 g/mol. The van der Waals surface area contributed by atoms with E-state index in [4.69, 9.17) is 5.73 Å².